The molecule has 6 heteroatoms. The van der Waals surface area contributed by atoms with Crippen LogP contribution in [0, 0.1) is 0 Å². The van der Waals surface area contributed by atoms with Gasteiger partial charge in [0.15, 0.2) is 0 Å². The second-order valence-corrected chi connectivity index (χ2v) is 4.51. The Bertz CT molecular complexity index is 514. The second kappa shape index (κ2) is 4.82. The summed E-state index contributed by atoms with van der Waals surface area (Å²) < 4.78 is 0. The quantitative estimate of drug-likeness (QED) is 0.906. The van der Waals surface area contributed by atoms with Gasteiger partial charge in [-0.3, -0.25) is 4.79 Å². The Morgan fingerprint density at radius 1 is 1.38 bits per heavy atom. The molecule has 2 aromatic rings. The largest absolute Gasteiger partial charge is 0.319 e. The molecular formula is C10H6Cl2N2OS. The highest BCUT2D eigenvalue weighted by molar-refractivity contribution is 7.07. The van der Waals surface area contributed by atoms with Gasteiger partial charge in [0.1, 0.15) is 5.69 Å². The van der Waals surface area contributed by atoms with Crippen molar-refractivity contribution in [3.63, 3.8) is 0 Å². The second-order valence-electron chi connectivity index (χ2n) is 2.95. The zero-order valence-corrected chi connectivity index (χ0v) is 10.2. The molecule has 0 saturated heterocycles. The van der Waals surface area contributed by atoms with Crippen molar-refractivity contribution in [3.8, 4) is 0 Å². The Morgan fingerprint density at radius 2 is 2.19 bits per heavy atom. The van der Waals surface area contributed by atoms with Crippen molar-refractivity contribution in [3.05, 3.63) is 44.8 Å². The van der Waals surface area contributed by atoms with Crippen LogP contribution in [0.1, 0.15) is 10.5 Å². The number of hydrogen-bond donors (Lipinski definition) is 1. The molecule has 0 unspecified atom stereocenters. The maximum Gasteiger partial charge on any atom is 0.275 e. The summed E-state index contributed by atoms with van der Waals surface area (Å²) >= 11 is 13.0. The van der Waals surface area contributed by atoms with Crippen LogP contribution in [-0.2, 0) is 0 Å². The molecule has 0 aliphatic rings. The molecule has 1 aromatic heterocycles. The predicted molar refractivity (Wildman–Crippen MR) is 66.5 cm³/mol. The Labute approximate surface area is 106 Å². The third kappa shape index (κ3) is 2.52. The summed E-state index contributed by atoms with van der Waals surface area (Å²) in [6.45, 7) is 0. The van der Waals surface area contributed by atoms with Crippen molar-refractivity contribution in [2.24, 2.45) is 0 Å². The number of nitrogens with one attached hydrogen (secondary N) is 1. The van der Waals surface area contributed by atoms with Crippen molar-refractivity contribution in [2.45, 2.75) is 0 Å². The first-order valence-corrected chi connectivity index (χ1v) is 6.01. The summed E-state index contributed by atoms with van der Waals surface area (Å²) in [6, 6.07) is 4.87. The third-order valence-electron chi connectivity index (χ3n) is 1.84. The molecule has 3 nitrogen and oxygen atoms in total. The van der Waals surface area contributed by atoms with Crippen LogP contribution in [0.3, 0.4) is 0 Å². The Balaban J connectivity index is 2.18. The van der Waals surface area contributed by atoms with Crippen LogP contribution in [0.15, 0.2) is 29.1 Å². The summed E-state index contributed by atoms with van der Waals surface area (Å²) in [6.07, 6.45) is 0. The van der Waals surface area contributed by atoms with E-state index in [1.54, 1.807) is 29.1 Å². The number of amides is 1. The fraction of sp³-hybridized carbons (Fsp3) is 0. The summed E-state index contributed by atoms with van der Waals surface area (Å²) in [7, 11) is 0. The number of hydrogen-bond acceptors (Lipinski definition) is 3. The number of nitrogens with zero attached hydrogens (tertiary/aromatic N) is 1. The highest BCUT2D eigenvalue weighted by atomic mass is 35.5. The van der Waals surface area contributed by atoms with E-state index >= 15 is 0 Å². The predicted octanol–water partition coefficient (Wildman–Crippen LogP) is 3.70. The van der Waals surface area contributed by atoms with E-state index in [1.807, 2.05) is 0 Å². The van der Waals surface area contributed by atoms with E-state index < -0.39 is 0 Å². The minimum absolute atomic E-state index is 0.287. The van der Waals surface area contributed by atoms with Gasteiger partial charge in [-0.15, -0.1) is 11.3 Å². The van der Waals surface area contributed by atoms with Crippen LogP contribution in [0.5, 0.6) is 0 Å². The zero-order valence-electron chi connectivity index (χ0n) is 7.91. The standard InChI is InChI=1S/C10H6Cl2N2OS/c11-6-1-2-8(7(12)3-6)14-10(15)9-4-16-5-13-9/h1-5H,(H,14,15). The van der Waals surface area contributed by atoms with Crippen LogP contribution in [0.25, 0.3) is 0 Å². The van der Waals surface area contributed by atoms with E-state index in [9.17, 15) is 4.79 Å². The monoisotopic (exact) mass is 272 g/mol. The van der Waals surface area contributed by atoms with Gasteiger partial charge in [0.25, 0.3) is 5.91 Å². The normalized spacial score (nSPS) is 10.1. The van der Waals surface area contributed by atoms with E-state index in [0.717, 1.165) is 0 Å². The first-order valence-electron chi connectivity index (χ1n) is 4.31. The lowest BCUT2D eigenvalue weighted by Gasteiger charge is -2.05. The lowest BCUT2D eigenvalue weighted by molar-refractivity contribution is 0.102. The highest BCUT2D eigenvalue weighted by Gasteiger charge is 2.09. The maximum absolute atomic E-state index is 11.7. The maximum atomic E-state index is 11.7. The molecule has 16 heavy (non-hydrogen) atoms. The van der Waals surface area contributed by atoms with Crippen LogP contribution in [-0.4, -0.2) is 10.9 Å². The van der Waals surface area contributed by atoms with Crippen LogP contribution in [0.4, 0.5) is 5.69 Å². The lowest BCUT2D eigenvalue weighted by atomic mass is 10.3. The summed E-state index contributed by atoms with van der Waals surface area (Å²) in [4.78, 5) is 15.6. The SMILES string of the molecule is O=C(Nc1ccc(Cl)cc1Cl)c1cscn1. The number of thiazole rings is 1. The summed E-state index contributed by atoms with van der Waals surface area (Å²) in [5.74, 6) is -0.287. The van der Waals surface area contributed by atoms with Gasteiger partial charge in [-0.05, 0) is 18.2 Å². The van der Waals surface area contributed by atoms with Gasteiger partial charge in [0.2, 0.25) is 0 Å². The first-order chi connectivity index (χ1) is 7.66. The van der Waals surface area contributed by atoms with Gasteiger partial charge < -0.3 is 5.32 Å². The fourth-order valence-electron chi connectivity index (χ4n) is 1.10. The topological polar surface area (TPSA) is 42.0 Å². The number of halogens is 2. The molecule has 1 amide bonds. The Hall–Kier alpha value is -1.10. The zero-order chi connectivity index (χ0) is 11.5. The van der Waals surface area contributed by atoms with E-state index in [2.05, 4.69) is 10.3 Å². The molecule has 0 atom stereocenters. The van der Waals surface area contributed by atoms with Crippen molar-refractivity contribution >= 4 is 46.1 Å². The average molecular weight is 273 g/mol. The van der Waals surface area contributed by atoms with Gasteiger partial charge in [0.05, 0.1) is 16.2 Å². The average Bonchev–Trinajstić information content (AvgIpc) is 2.75. The lowest BCUT2D eigenvalue weighted by Crippen LogP contribution is -2.12. The van der Waals surface area contributed by atoms with Gasteiger partial charge in [0, 0.05) is 10.4 Å². The Morgan fingerprint density at radius 3 is 2.81 bits per heavy atom. The highest BCUT2D eigenvalue weighted by Crippen LogP contribution is 2.25. The third-order valence-corrected chi connectivity index (χ3v) is 2.98. The molecule has 1 aromatic carbocycles. The molecule has 1 N–H and O–H groups in total. The molecule has 0 radical (unpaired) electrons. The van der Waals surface area contributed by atoms with Gasteiger partial charge >= 0.3 is 0 Å². The molecule has 0 saturated carbocycles. The molecule has 0 spiro atoms. The molecular weight excluding hydrogens is 267 g/mol. The van der Waals surface area contributed by atoms with Crippen LogP contribution in [0.2, 0.25) is 10.0 Å². The molecule has 0 bridgehead atoms. The number of carbonyl (C=O) groups is 1. The minimum Gasteiger partial charge on any atom is -0.319 e. The van der Waals surface area contributed by atoms with E-state index in [4.69, 9.17) is 23.2 Å². The molecule has 0 fully saturated rings. The fourth-order valence-corrected chi connectivity index (χ4v) is 2.09. The molecule has 1 heterocycles. The summed E-state index contributed by atoms with van der Waals surface area (Å²) in [5, 5.41) is 5.24. The first kappa shape index (κ1) is 11.4. The molecule has 0 aliphatic heterocycles. The summed E-state index contributed by atoms with van der Waals surface area (Å²) in [5.41, 5.74) is 2.48. The van der Waals surface area contributed by atoms with Crippen LogP contribution < -0.4 is 5.32 Å². The number of carbonyl (C=O) groups excluding carboxylic acids is 1. The Kier molecular flexibility index (Phi) is 3.43. The van der Waals surface area contributed by atoms with Gasteiger partial charge in [-0.25, -0.2) is 4.98 Å². The van der Waals surface area contributed by atoms with Gasteiger partial charge in [-0.2, -0.15) is 0 Å². The molecule has 82 valence electrons. The number of rotatable bonds is 2. The van der Waals surface area contributed by atoms with Crippen molar-refractivity contribution in [2.75, 3.05) is 5.32 Å². The van der Waals surface area contributed by atoms with Crippen molar-refractivity contribution < 1.29 is 4.79 Å². The number of anilines is 1. The molecule has 0 aliphatic carbocycles. The van der Waals surface area contributed by atoms with Crippen molar-refractivity contribution in [1.29, 1.82) is 0 Å². The van der Waals surface area contributed by atoms with E-state index in [1.165, 1.54) is 11.3 Å². The molecule has 2 rings (SSSR count). The number of benzene rings is 1. The van der Waals surface area contributed by atoms with Gasteiger partial charge in [-0.1, -0.05) is 23.2 Å². The minimum atomic E-state index is -0.287. The smallest absolute Gasteiger partial charge is 0.275 e. The van der Waals surface area contributed by atoms with E-state index in [0.29, 0.717) is 21.4 Å². The van der Waals surface area contributed by atoms with Crippen LogP contribution >= 0.6 is 34.5 Å². The number of aromatic nitrogens is 1. The van der Waals surface area contributed by atoms with E-state index in [-0.39, 0.29) is 5.91 Å². The van der Waals surface area contributed by atoms with Crippen molar-refractivity contribution in [1.82, 2.24) is 4.98 Å².